The Morgan fingerprint density at radius 3 is 2.95 bits per heavy atom. The van der Waals surface area contributed by atoms with Crippen LogP contribution in [-0.2, 0) is 6.61 Å². The highest BCUT2D eigenvalue weighted by atomic mass is 16.5. The largest absolute Gasteiger partial charge is 0.484 e. The number of oxazole rings is 1. The van der Waals surface area contributed by atoms with E-state index in [1.807, 2.05) is 37.3 Å². The van der Waals surface area contributed by atoms with Crippen molar-refractivity contribution in [1.29, 1.82) is 0 Å². The average molecular weight is 258 g/mol. The van der Waals surface area contributed by atoms with Crippen LogP contribution in [0.1, 0.15) is 35.0 Å². The molecule has 0 bridgehead atoms. The molecule has 5 heteroatoms. The SMILES string of the molecule is CC1CNC(=O)c2oc(COc3ccccc3)nc21. The molecule has 1 aromatic heterocycles. The van der Waals surface area contributed by atoms with E-state index in [1.54, 1.807) is 0 Å². The van der Waals surface area contributed by atoms with Crippen molar-refractivity contribution in [2.75, 3.05) is 6.54 Å². The summed E-state index contributed by atoms with van der Waals surface area (Å²) in [6.07, 6.45) is 0. The van der Waals surface area contributed by atoms with Gasteiger partial charge < -0.3 is 14.5 Å². The lowest BCUT2D eigenvalue weighted by atomic mass is 10.0. The smallest absolute Gasteiger partial charge is 0.289 e. The minimum absolute atomic E-state index is 0.168. The fraction of sp³-hybridized carbons (Fsp3) is 0.286. The number of ether oxygens (including phenoxy) is 1. The maximum absolute atomic E-state index is 11.6. The molecule has 3 rings (SSSR count). The molecule has 0 spiro atoms. The van der Waals surface area contributed by atoms with E-state index in [0.29, 0.717) is 18.2 Å². The third kappa shape index (κ3) is 2.31. The lowest BCUT2D eigenvalue weighted by Gasteiger charge is -2.15. The van der Waals surface area contributed by atoms with Gasteiger partial charge in [-0.1, -0.05) is 25.1 Å². The zero-order valence-electron chi connectivity index (χ0n) is 10.6. The van der Waals surface area contributed by atoms with Crippen molar-refractivity contribution in [1.82, 2.24) is 10.3 Å². The van der Waals surface area contributed by atoms with E-state index in [2.05, 4.69) is 10.3 Å². The Morgan fingerprint density at radius 1 is 1.42 bits per heavy atom. The van der Waals surface area contributed by atoms with Crippen molar-refractivity contribution in [3.8, 4) is 5.75 Å². The number of nitrogens with zero attached hydrogens (tertiary/aromatic N) is 1. The number of nitrogens with one attached hydrogen (secondary N) is 1. The van der Waals surface area contributed by atoms with Gasteiger partial charge in [0.2, 0.25) is 11.7 Å². The Hall–Kier alpha value is -2.30. The Labute approximate surface area is 110 Å². The summed E-state index contributed by atoms with van der Waals surface area (Å²) in [6.45, 7) is 2.82. The molecule has 0 fully saturated rings. The predicted octanol–water partition coefficient (Wildman–Crippen LogP) is 2.10. The second-order valence-corrected chi connectivity index (χ2v) is 4.53. The lowest BCUT2D eigenvalue weighted by molar-refractivity contribution is 0.0907. The highest BCUT2D eigenvalue weighted by Crippen LogP contribution is 2.24. The molecule has 2 aromatic rings. The van der Waals surface area contributed by atoms with Crippen LogP contribution < -0.4 is 10.1 Å². The molecule has 1 amide bonds. The van der Waals surface area contributed by atoms with E-state index in [1.165, 1.54) is 0 Å². The van der Waals surface area contributed by atoms with Crippen LogP contribution >= 0.6 is 0 Å². The number of carbonyl (C=O) groups is 1. The molecule has 1 aromatic carbocycles. The van der Waals surface area contributed by atoms with Gasteiger partial charge in [-0.3, -0.25) is 4.79 Å². The van der Waals surface area contributed by atoms with E-state index < -0.39 is 0 Å². The zero-order valence-corrected chi connectivity index (χ0v) is 10.6. The van der Waals surface area contributed by atoms with Crippen molar-refractivity contribution in [2.24, 2.45) is 0 Å². The number of rotatable bonds is 3. The molecular formula is C14H14N2O3. The molecule has 98 valence electrons. The van der Waals surface area contributed by atoms with Crippen LogP contribution in [0.3, 0.4) is 0 Å². The Kier molecular flexibility index (Phi) is 2.95. The van der Waals surface area contributed by atoms with Gasteiger partial charge in [0, 0.05) is 12.5 Å². The zero-order chi connectivity index (χ0) is 13.2. The fourth-order valence-corrected chi connectivity index (χ4v) is 2.02. The minimum Gasteiger partial charge on any atom is -0.484 e. The number of amides is 1. The minimum atomic E-state index is -0.202. The Balaban J connectivity index is 1.76. The number of carbonyl (C=O) groups excluding carboxylic acids is 1. The summed E-state index contributed by atoms with van der Waals surface area (Å²) >= 11 is 0. The van der Waals surface area contributed by atoms with Crippen molar-refractivity contribution in [2.45, 2.75) is 19.4 Å². The van der Waals surface area contributed by atoms with Crippen molar-refractivity contribution < 1.29 is 13.9 Å². The molecule has 1 unspecified atom stereocenters. The summed E-state index contributed by atoms with van der Waals surface area (Å²) in [5.74, 6) is 1.45. The molecular weight excluding hydrogens is 244 g/mol. The fourth-order valence-electron chi connectivity index (χ4n) is 2.02. The molecule has 0 saturated heterocycles. The molecule has 1 N–H and O–H groups in total. The summed E-state index contributed by atoms with van der Waals surface area (Å²) < 4.78 is 11.0. The maximum Gasteiger partial charge on any atom is 0.289 e. The molecule has 1 aliphatic rings. The van der Waals surface area contributed by atoms with Crippen LogP contribution in [0.5, 0.6) is 5.75 Å². The molecule has 0 aliphatic carbocycles. The van der Waals surface area contributed by atoms with Crippen LogP contribution in [0.2, 0.25) is 0 Å². The summed E-state index contributed by atoms with van der Waals surface area (Å²) in [5.41, 5.74) is 0.718. The normalized spacial score (nSPS) is 17.7. The first-order chi connectivity index (χ1) is 9.24. The second-order valence-electron chi connectivity index (χ2n) is 4.53. The average Bonchev–Trinajstić information content (AvgIpc) is 2.87. The second kappa shape index (κ2) is 4.76. The Bertz CT molecular complexity index is 592. The van der Waals surface area contributed by atoms with E-state index in [-0.39, 0.29) is 18.4 Å². The molecule has 1 atom stereocenters. The van der Waals surface area contributed by atoms with E-state index in [9.17, 15) is 4.79 Å². The van der Waals surface area contributed by atoms with E-state index in [0.717, 1.165) is 11.4 Å². The lowest BCUT2D eigenvalue weighted by Crippen LogP contribution is -2.33. The molecule has 2 heterocycles. The number of benzene rings is 1. The van der Waals surface area contributed by atoms with E-state index >= 15 is 0 Å². The first-order valence-electron chi connectivity index (χ1n) is 6.19. The standard InChI is InChI=1S/C14H14N2O3/c1-9-7-15-14(17)13-12(9)16-11(19-13)8-18-10-5-3-2-4-6-10/h2-6,9H,7-8H2,1H3,(H,15,17). The monoisotopic (exact) mass is 258 g/mol. The van der Waals surface area contributed by atoms with Gasteiger partial charge >= 0.3 is 0 Å². The van der Waals surface area contributed by atoms with Crippen molar-refractivity contribution in [3.05, 3.63) is 47.7 Å². The number of fused-ring (bicyclic) bond motifs is 1. The van der Waals surface area contributed by atoms with Crippen LogP contribution in [0.15, 0.2) is 34.7 Å². The molecule has 1 aliphatic heterocycles. The number of hydrogen-bond acceptors (Lipinski definition) is 4. The molecule has 5 nitrogen and oxygen atoms in total. The van der Waals surface area contributed by atoms with Crippen molar-refractivity contribution in [3.63, 3.8) is 0 Å². The summed E-state index contributed by atoms with van der Waals surface area (Å²) in [6, 6.07) is 9.43. The van der Waals surface area contributed by atoms with Crippen LogP contribution in [0, 0.1) is 0 Å². The molecule has 0 saturated carbocycles. The van der Waals surface area contributed by atoms with Gasteiger partial charge in [-0.05, 0) is 12.1 Å². The van der Waals surface area contributed by atoms with Gasteiger partial charge in [-0.25, -0.2) is 4.98 Å². The van der Waals surface area contributed by atoms with Gasteiger partial charge in [0.05, 0.1) is 5.69 Å². The van der Waals surface area contributed by atoms with Crippen LogP contribution in [0.4, 0.5) is 0 Å². The van der Waals surface area contributed by atoms with E-state index in [4.69, 9.17) is 9.15 Å². The highest BCUT2D eigenvalue weighted by molar-refractivity contribution is 5.93. The maximum atomic E-state index is 11.6. The summed E-state index contributed by atoms with van der Waals surface area (Å²) in [5, 5.41) is 2.76. The van der Waals surface area contributed by atoms with Crippen molar-refractivity contribution >= 4 is 5.91 Å². The first-order valence-corrected chi connectivity index (χ1v) is 6.19. The number of para-hydroxylation sites is 1. The van der Waals surface area contributed by atoms with Crippen LogP contribution in [-0.4, -0.2) is 17.4 Å². The highest BCUT2D eigenvalue weighted by Gasteiger charge is 2.28. The summed E-state index contributed by atoms with van der Waals surface area (Å²) in [7, 11) is 0. The third-order valence-corrected chi connectivity index (χ3v) is 3.05. The third-order valence-electron chi connectivity index (χ3n) is 3.05. The quantitative estimate of drug-likeness (QED) is 0.915. The molecule has 0 radical (unpaired) electrons. The van der Waals surface area contributed by atoms with Gasteiger partial charge in [0.25, 0.3) is 5.91 Å². The summed E-state index contributed by atoms with van der Waals surface area (Å²) in [4.78, 5) is 16.0. The number of hydrogen-bond donors (Lipinski definition) is 1. The predicted molar refractivity (Wildman–Crippen MR) is 68.0 cm³/mol. The van der Waals surface area contributed by atoms with Gasteiger partial charge in [-0.15, -0.1) is 0 Å². The molecule has 19 heavy (non-hydrogen) atoms. The van der Waals surface area contributed by atoms with Gasteiger partial charge in [0.15, 0.2) is 6.61 Å². The first kappa shape index (κ1) is 11.8. The topological polar surface area (TPSA) is 64.4 Å². The Morgan fingerprint density at radius 2 is 2.21 bits per heavy atom. The van der Waals surface area contributed by atoms with Gasteiger partial charge in [0.1, 0.15) is 5.75 Å². The van der Waals surface area contributed by atoms with Gasteiger partial charge in [-0.2, -0.15) is 0 Å². The van der Waals surface area contributed by atoms with Crippen LogP contribution in [0.25, 0.3) is 0 Å². The number of aromatic nitrogens is 1.